The van der Waals surface area contributed by atoms with Crippen LogP contribution < -0.4 is 5.32 Å². The highest BCUT2D eigenvalue weighted by Crippen LogP contribution is 2.38. The van der Waals surface area contributed by atoms with Crippen LogP contribution in [-0.2, 0) is 4.79 Å². The minimum atomic E-state index is -0.223. The van der Waals surface area contributed by atoms with E-state index in [1.807, 2.05) is 47.0 Å². The van der Waals surface area contributed by atoms with E-state index in [4.69, 9.17) is 0 Å². The number of rotatable bonds is 3. The molecule has 3 heterocycles. The Labute approximate surface area is 162 Å². The summed E-state index contributed by atoms with van der Waals surface area (Å²) in [4.78, 5) is 35.6. The summed E-state index contributed by atoms with van der Waals surface area (Å²) in [6.07, 6.45) is 7.00. The van der Waals surface area contributed by atoms with Crippen LogP contribution in [0, 0.1) is 0 Å². The Morgan fingerprint density at radius 3 is 2.64 bits per heavy atom. The van der Waals surface area contributed by atoms with E-state index in [-0.39, 0.29) is 23.9 Å². The summed E-state index contributed by atoms with van der Waals surface area (Å²) < 4.78 is 1.87. The van der Waals surface area contributed by atoms with E-state index in [1.165, 1.54) is 0 Å². The normalized spacial score (nSPS) is 17.4. The Balaban J connectivity index is 1.54. The standard InChI is InChI=1S/C21H19N5O2/c27-18-13-25(14-21(24-18)8-9-21)20(28)17-12-26(16-7-4-10-22-11-16)19(23-17)15-5-2-1-3-6-15/h1-7,10-12H,8-9,13-14H2,(H,24,27). The highest BCUT2D eigenvalue weighted by Gasteiger charge is 2.49. The van der Waals surface area contributed by atoms with Gasteiger partial charge >= 0.3 is 0 Å². The number of aromatic nitrogens is 3. The molecule has 1 aromatic carbocycles. The molecule has 3 aromatic rings. The number of hydrogen-bond acceptors (Lipinski definition) is 4. The minimum Gasteiger partial charge on any atom is -0.347 e. The number of benzene rings is 1. The second kappa shape index (κ2) is 6.30. The molecule has 0 bridgehead atoms. The van der Waals surface area contributed by atoms with Crippen molar-refractivity contribution in [3.63, 3.8) is 0 Å². The van der Waals surface area contributed by atoms with Gasteiger partial charge < -0.3 is 10.2 Å². The van der Waals surface area contributed by atoms with E-state index in [0.29, 0.717) is 18.1 Å². The van der Waals surface area contributed by atoms with Crippen molar-refractivity contribution in [2.24, 2.45) is 0 Å². The number of pyridine rings is 1. The zero-order chi connectivity index (χ0) is 19.1. The third-order valence-electron chi connectivity index (χ3n) is 5.25. The molecule has 2 aliphatic rings. The maximum Gasteiger partial charge on any atom is 0.274 e. The summed E-state index contributed by atoms with van der Waals surface area (Å²) in [6, 6.07) is 13.5. The first kappa shape index (κ1) is 16.7. The summed E-state index contributed by atoms with van der Waals surface area (Å²) in [6.45, 7) is 0.610. The molecule has 1 N–H and O–H groups in total. The molecular weight excluding hydrogens is 354 g/mol. The molecule has 1 aliphatic heterocycles. The van der Waals surface area contributed by atoms with Crippen molar-refractivity contribution in [2.45, 2.75) is 18.4 Å². The van der Waals surface area contributed by atoms with Crippen molar-refractivity contribution in [1.29, 1.82) is 0 Å². The Morgan fingerprint density at radius 2 is 1.93 bits per heavy atom. The molecule has 2 amide bonds. The number of carbonyl (C=O) groups is 2. The molecule has 1 spiro atoms. The van der Waals surface area contributed by atoms with Gasteiger partial charge in [0.1, 0.15) is 11.5 Å². The molecule has 140 valence electrons. The number of carbonyl (C=O) groups excluding carboxylic acids is 2. The first-order valence-electron chi connectivity index (χ1n) is 9.29. The van der Waals surface area contributed by atoms with Crippen LogP contribution in [0.5, 0.6) is 0 Å². The third-order valence-corrected chi connectivity index (χ3v) is 5.25. The van der Waals surface area contributed by atoms with Gasteiger partial charge in [-0.1, -0.05) is 30.3 Å². The molecule has 7 heteroatoms. The van der Waals surface area contributed by atoms with Crippen LogP contribution in [0.4, 0.5) is 0 Å². The molecule has 1 aliphatic carbocycles. The lowest BCUT2D eigenvalue weighted by atomic mass is 10.1. The van der Waals surface area contributed by atoms with Crippen LogP contribution in [-0.4, -0.2) is 49.9 Å². The topological polar surface area (TPSA) is 80.1 Å². The van der Waals surface area contributed by atoms with Crippen LogP contribution in [0.15, 0.2) is 61.1 Å². The lowest BCUT2D eigenvalue weighted by Gasteiger charge is -2.32. The first-order valence-corrected chi connectivity index (χ1v) is 9.29. The fourth-order valence-electron chi connectivity index (χ4n) is 3.68. The molecule has 2 fully saturated rings. The van der Waals surface area contributed by atoms with Gasteiger partial charge in [-0.05, 0) is 25.0 Å². The summed E-state index contributed by atoms with van der Waals surface area (Å²) in [5.41, 5.74) is 1.83. The summed E-state index contributed by atoms with van der Waals surface area (Å²) in [7, 11) is 0. The second-order valence-corrected chi connectivity index (χ2v) is 7.39. The molecule has 0 radical (unpaired) electrons. The van der Waals surface area contributed by atoms with Gasteiger partial charge in [0.25, 0.3) is 5.91 Å². The van der Waals surface area contributed by atoms with Crippen LogP contribution in [0.25, 0.3) is 17.1 Å². The van der Waals surface area contributed by atoms with Crippen molar-refractivity contribution in [1.82, 2.24) is 24.8 Å². The Bertz CT molecular complexity index is 984. The highest BCUT2D eigenvalue weighted by atomic mass is 16.2. The first-order chi connectivity index (χ1) is 13.6. The van der Waals surface area contributed by atoms with E-state index in [1.54, 1.807) is 23.5 Å². The molecule has 0 atom stereocenters. The zero-order valence-electron chi connectivity index (χ0n) is 15.2. The molecule has 28 heavy (non-hydrogen) atoms. The number of hydrogen-bond donors (Lipinski definition) is 1. The monoisotopic (exact) mass is 373 g/mol. The number of nitrogens with zero attached hydrogens (tertiary/aromatic N) is 4. The van der Waals surface area contributed by atoms with Gasteiger partial charge in [-0.25, -0.2) is 4.98 Å². The molecular formula is C21H19N5O2. The molecule has 0 unspecified atom stereocenters. The number of nitrogens with one attached hydrogen (secondary N) is 1. The van der Waals surface area contributed by atoms with Gasteiger partial charge in [0.2, 0.25) is 5.91 Å². The van der Waals surface area contributed by atoms with E-state index in [2.05, 4.69) is 15.3 Å². The van der Waals surface area contributed by atoms with Crippen molar-refractivity contribution in [2.75, 3.05) is 13.1 Å². The maximum absolute atomic E-state index is 13.1. The molecule has 1 saturated carbocycles. The molecule has 7 nitrogen and oxygen atoms in total. The number of piperazine rings is 1. The average Bonchev–Trinajstić information content (AvgIpc) is 3.30. The predicted octanol–water partition coefficient (Wildman–Crippen LogP) is 2.04. The van der Waals surface area contributed by atoms with Gasteiger partial charge in [0.15, 0.2) is 0 Å². The highest BCUT2D eigenvalue weighted by molar-refractivity contribution is 5.96. The van der Waals surface area contributed by atoms with Gasteiger partial charge in [-0.3, -0.25) is 19.1 Å². The fourth-order valence-corrected chi connectivity index (χ4v) is 3.68. The van der Waals surface area contributed by atoms with Crippen molar-refractivity contribution < 1.29 is 9.59 Å². The van der Waals surface area contributed by atoms with E-state index in [9.17, 15) is 9.59 Å². The average molecular weight is 373 g/mol. The van der Waals surface area contributed by atoms with Crippen molar-refractivity contribution >= 4 is 11.8 Å². The Hall–Kier alpha value is -3.48. The van der Waals surface area contributed by atoms with Crippen LogP contribution in [0.3, 0.4) is 0 Å². The predicted molar refractivity (Wildman–Crippen MR) is 103 cm³/mol. The Morgan fingerprint density at radius 1 is 1.11 bits per heavy atom. The molecule has 5 rings (SSSR count). The smallest absolute Gasteiger partial charge is 0.274 e. The largest absolute Gasteiger partial charge is 0.347 e. The van der Waals surface area contributed by atoms with E-state index >= 15 is 0 Å². The van der Waals surface area contributed by atoms with Crippen LogP contribution in [0.1, 0.15) is 23.3 Å². The maximum atomic E-state index is 13.1. The van der Waals surface area contributed by atoms with Gasteiger partial charge in [0.05, 0.1) is 24.0 Å². The minimum absolute atomic E-state index is 0.0704. The lowest BCUT2D eigenvalue weighted by Crippen LogP contribution is -2.57. The summed E-state index contributed by atoms with van der Waals surface area (Å²) in [5, 5.41) is 3.00. The van der Waals surface area contributed by atoms with Gasteiger partial charge in [-0.2, -0.15) is 0 Å². The van der Waals surface area contributed by atoms with Crippen LogP contribution >= 0.6 is 0 Å². The van der Waals surface area contributed by atoms with Crippen molar-refractivity contribution in [3.05, 3.63) is 66.7 Å². The number of amides is 2. The summed E-state index contributed by atoms with van der Waals surface area (Å²) >= 11 is 0. The SMILES string of the molecule is O=C1CN(C(=O)c2cn(-c3cccnc3)c(-c3ccccc3)n2)CC2(CC2)N1. The Kier molecular flexibility index (Phi) is 3.75. The zero-order valence-corrected chi connectivity index (χ0v) is 15.2. The van der Waals surface area contributed by atoms with Gasteiger partial charge in [0, 0.05) is 24.5 Å². The fraction of sp³-hybridized carbons (Fsp3) is 0.238. The second-order valence-electron chi connectivity index (χ2n) is 7.39. The molecule has 1 saturated heterocycles. The third kappa shape index (κ3) is 2.94. The van der Waals surface area contributed by atoms with Crippen molar-refractivity contribution in [3.8, 4) is 17.1 Å². The lowest BCUT2D eigenvalue weighted by molar-refractivity contribution is -0.125. The summed E-state index contributed by atoms with van der Waals surface area (Å²) in [5.74, 6) is 0.340. The van der Waals surface area contributed by atoms with E-state index < -0.39 is 0 Å². The van der Waals surface area contributed by atoms with E-state index in [0.717, 1.165) is 24.1 Å². The number of imidazole rings is 1. The van der Waals surface area contributed by atoms with Gasteiger partial charge in [-0.15, -0.1) is 0 Å². The molecule has 2 aromatic heterocycles. The van der Waals surface area contributed by atoms with Crippen LogP contribution in [0.2, 0.25) is 0 Å². The quantitative estimate of drug-likeness (QED) is 0.762.